The summed E-state index contributed by atoms with van der Waals surface area (Å²) >= 11 is 5.82. The average Bonchev–Trinajstić information content (AvgIpc) is 2.45. The van der Waals surface area contributed by atoms with E-state index in [0.717, 1.165) is 6.42 Å². The van der Waals surface area contributed by atoms with Gasteiger partial charge in [-0.05, 0) is 18.6 Å². The van der Waals surface area contributed by atoms with Crippen LogP contribution in [0.2, 0.25) is 5.02 Å². The number of halogens is 1. The van der Waals surface area contributed by atoms with E-state index in [1.165, 1.54) is 44.9 Å². The van der Waals surface area contributed by atoms with Crippen molar-refractivity contribution in [1.29, 1.82) is 0 Å². The third-order valence-corrected chi connectivity index (χ3v) is 3.51. The van der Waals surface area contributed by atoms with Crippen LogP contribution in [0.5, 0.6) is 0 Å². The van der Waals surface area contributed by atoms with Crippen molar-refractivity contribution in [2.75, 3.05) is 6.54 Å². The van der Waals surface area contributed by atoms with Crippen molar-refractivity contribution >= 4 is 17.5 Å². The van der Waals surface area contributed by atoms with Crippen LogP contribution in [0.4, 0.5) is 0 Å². The lowest BCUT2D eigenvalue weighted by molar-refractivity contribution is 0.0948. The fourth-order valence-electron chi connectivity index (χ4n) is 2.08. The monoisotopic (exact) mass is 296 g/mol. The van der Waals surface area contributed by atoms with Crippen LogP contribution >= 0.6 is 11.6 Å². The van der Waals surface area contributed by atoms with Crippen LogP contribution in [-0.4, -0.2) is 17.4 Å². The van der Waals surface area contributed by atoms with E-state index < -0.39 is 0 Å². The second-order valence-corrected chi connectivity index (χ2v) is 5.53. The Morgan fingerprint density at radius 3 is 2.45 bits per heavy atom. The van der Waals surface area contributed by atoms with Crippen LogP contribution in [0.25, 0.3) is 0 Å². The molecule has 3 nitrogen and oxygen atoms in total. The lowest BCUT2D eigenvalue weighted by atomic mass is 10.1. The molecule has 0 atom stereocenters. The second kappa shape index (κ2) is 10.7. The number of unbranched alkanes of at least 4 members (excludes halogenated alkanes) is 7. The van der Waals surface area contributed by atoms with Gasteiger partial charge in [0.2, 0.25) is 0 Å². The first kappa shape index (κ1) is 17.0. The number of amides is 1. The Kier molecular flexibility index (Phi) is 9.05. The van der Waals surface area contributed by atoms with Crippen molar-refractivity contribution in [1.82, 2.24) is 10.3 Å². The molecule has 0 aromatic carbocycles. The zero-order valence-corrected chi connectivity index (χ0v) is 13.1. The van der Waals surface area contributed by atoms with Gasteiger partial charge in [-0.3, -0.25) is 9.78 Å². The van der Waals surface area contributed by atoms with E-state index in [1.807, 2.05) is 0 Å². The third kappa shape index (κ3) is 7.49. The Morgan fingerprint density at radius 2 is 1.80 bits per heavy atom. The summed E-state index contributed by atoms with van der Waals surface area (Å²) in [7, 11) is 0. The largest absolute Gasteiger partial charge is 0.351 e. The van der Waals surface area contributed by atoms with E-state index in [4.69, 9.17) is 11.6 Å². The molecule has 0 saturated carbocycles. The SMILES string of the molecule is CCCCCCCCCCNC(=O)c1cc(Cl)ccn1. The first-order chi connectivity index (χ1) is 9.74. The summed E-state index contributed by atoms with van der Waals surface area (Å²) < 4.78 is 0. The fraction of sp³-hybridized carbons (Fsp3) is 0.625. The van der Waals surface area contributed by atoms with Crippen molar-refractivity contribution in [3.63, 3.8) is 0 Å². The smallest absolute Gasteiger partial charge is 0.269 e. The van der Waals surface area contributed by atoms with Crippen LogP contribution in [0.15, 0.2) is 18.3 Å². The molecule has 0 aliphatic rings. The molecule has 0 unspecified atom stereocenters. The molecule has 20 heavy (non-hydrogen) atoms. The Balaban J connectivity index is 2.02. The van der Waals surface area contributed by atoms with E-state index in [9.17, 15) is 4.79 Å². The summed E-state index contributed by atoms with van der Waals surface area (Å²) in [6.45, 7) is 2.94. The molecule has 1 rings (SSSR count). The topological polar surface area (TPSA) is 42.0 Å². The van der Waals surface area contributed by atoms with Crippen molar-refractivity contribution in [3.05, 3.63) is 29.0 Å². The highest BCUT2D eigenvalue weighted by Gasteiger charge is 2.06. The van der Waals surface area contributed by atoms with Gasteiger partial charge >= 0.3 is 0 Å². The van der Waals surface area contributed by atoms with E-state index in [0.29, 0.717) is 17.3 Å². The molecule has 1 amide bonds. The molecule has 4 heteroatoms. The van der Waals surface area contributed by atoms with Crippen LogP contribution in [0.1, 0.15) is 68.8 Å². The van der Waals surface area contributed by atoms with Crippen LogP contribution in [-0.2, 0) is 0 Å². The number of hydrogen-bond acceptors (Lipinski definition) is 2. The van der Waals surface area contributed by atoms with Gasteiger partial charge < -0.3 is 5.32 Å². The van der Waals surface area contributed by atoms with Crippen molar-refractivity contribution in [2.24, 2.45) is 0 Å². The lowest BCUT2D eigenvalue weighted by Gasteiger charge is -2.05. The molecule has 112 valence electrons. The molecule has 0 saturated heterocycles. The number of nitrogens with one attached hydrogen (secondary N) is 1. The highest BCUT2D eigenvalue weighted by molar-refractivity contribution is 6.30. The van der Waals surface area contributed by atoms with Gasteiger partial charge in [0.25, 0.3) is 5.91 Å². The van der Waals surface area contributed by atoms with E-state index in [1.54, 1.807) is 18.3 Å². The molecule has 1 aromatic heterocycles. The first-order valence-electron chi connectivity index (χ1n) is 7.63. The Labute approximate surface area is 127 Å². The van der Waals surface area contributed by atoms with Crippen molar-refractivity contribution in [3.8, 4) is 0 Å². The average molecular weight is 297 g/mol. The molecule has 0 fully saturated rings. The number of nitrogens with zero attached hydrogens (tertiary/aromatic N) is 1. The molecular formula is C16H25ClN2O. The number of carbonyl (C=O) groups is 1. The number of carbonyl (C=O) groups excluding carboxylic acids is 1. The Bertz CT molecular complexity index is 396. The lowest BCUT2D eigenvalue weighted by Crippen LogP contribution is -2.25. The minimum Gasteiger partial charge on any atom is -0.351 e. The van der Waals surface area contributed by atoms with Gasteiger partial charge in [-0.2, -0.15) is 0 Å². The summed E-state index contributed by atoms with van der Waals surface area (Å²) in [6, 6.07) is 3.25. The normalized spacial score (nSPS) is 10.5. The maximum absolute atomic E-state index is 11.8. The standard InChI is InChI=1S/C16H25ClN2O/c1-2-3-4-5-6-7-8-9-11-19-16(20)15-13-14(17)10-12-18-15/h10,12-13H,2-9,11H2,1H3,(H,19,20). The van der Waals surface area contributed by atoms with Gasteiger partial charge in [-0.1, -0.05) is 63.5 Å². The molecule has 0 bridgehead atoms. The highest BCUT2D eigenvalue weighted by atomic mass is 35.5. The minimum atomic E-state index is -0.143. The van der Waals surface area contributed by atoms with Gasteiger partial charge in [0.05, 0.1) is 0 Å². The van der Waals surface area contributed by atoms with Crippen LogP contribution < -0.4 is 5.32 Å². The Morgan fingerprint density at radius 1 is 1.15 bits per heavy atom. The maximum Gasteiger partial charge on any atom is 0.269 e. The van der Waals surface area contributed by atoms with Crippen LogP contribution in [0.3, 0.4) is 0 Å². The molecule has 1 heterocycles. The molecule has 1 aromatic rings. The van der Waals surface area contributed by atoms with E-state index in [2.05, 4.69) is 17.2 Å². The van der Waals surface area contributed by atoms with Crippen molar-refractivity contribution < 1.29 is 4.79 Å². The first-order valence-corrected chi connectivity index (χ1v) is 8.01. The summed E-state index contributed by atoms with van der Waals surface area (Å²) in [6.07, 6.45) is 11.7. The summed E-state index contributed by atoms with van der Waals surface area (Å²) in [5, 5.41) is 3.42. The van der Waals surface area contributed by atoms with Gasteiger partial charge in [0, 0.05) is 17.8 Å². The molecule has 0 spiro atoms. The Hall–Kier alpha value is -1.09. The van der Waals surface area contributed by atoms with E-state index in [-0.39, 0.29) is 5.91 Å². The number of aromatic nitrogens is 1. The van der Waals surface area contributed by atoms with Gasteiger partial charge in [-0.15, -0.1) is 0 Å². The number of pyridine rings is 1. The predicted octanol–water partition coefficient (Wildman–Crippen LogP) is 4.61. The molecule has 0 aliphatic heterocycles. The van der Waals surface area contributed by atoms with Gasteiger partial charge in [-0.25, -0.2) is 0 Å². The zero-order chi connectivity index (χ0) is 14.6. The molecular weight excluding hydrogens is 272 g/mol. The summed E-state index contributed by atoms with van der Waals surface area (Å²) in [4.78, 5) is 15.8. The van der Waals surface area contributed by atoms with Gasteiger partial charge in [0.1, 0.15) is 5.69 Å². The molecule has 0 aliphatic carbocycles. The predicted molar refractivity (Wildman–Crippen MR) is 84.2 cm³/mol. The second-order valence-electron chi connectivity index (χ2n) is 5.09. The summed E-state index contributed by atoms with van der Waals surface area (Å²) in [5.41, 5.74) is 0.386. The quantitative estimate of drug-likeness (QED) is 0.641. The number of hydrogen-bond donors (Lipinski definition) is 1. The maximum atomic E-state index is 11.8. The van der Waals surface area contributed by atoms with E-state index >= 15 is 0 Å². The molecule has 0 radical (unpaired) electrons. The summed E-state index contributed by atoms with van der Waals surface area (Å²) in [5.74, 6) is -0.143. The zero-order valence-electron chi connectivity index (χ0n) is 12.3. The highest BCUT2D eigenvalue weighted by Crippen LogP contribution is 2.09. The third-order valence-electron chi connectivity index (χ3n) is 3.27. The van der Waals surface area contributed by atoms with Crippen molar-refractivity contribution in [2.45, 2.75) is 58.3 Å². The molecule has 1 N–H and O–H groups in total. The van der Waals surface area contributed by atoms with Crippen LogP contribution in [0, 0.1) is 0 Å². The van der Waals surface area contributed by atoms with Gasteiger partial charge in [0.15, 0.2) is 0 Å². The fourth-order valence-corrected chi connectivity index (χ4v) is 2.24. The minimum absolute atomic E-state index is 0.143. The number of rotatable bonds is 10.